The number of aromatic nitrogens is 3. The molecule has 4 heterocycles. The van der Waals surface area contributed by atoms with Crippen LogP contribution in [0.5, 0.6) is 0 Å². The van der Waals surface area contributed by atoms with Crippen molar-refractivity contribution in [1.82, 2.24) is 14.5 Å². The van der Waals surface area contributed by atoms with E-state index in [0.717, 1.165) is 10.6 Å². The van der Waals surface area contributed by atoms with E-state index in [1.165, 1.54) is 17.4 Å². The average Bonchev–Trinajstić information content (AvgIpc) is 3.49. The van der Waals surface area contributed by atoms with Crippen molar-refractivity contribution < 1.29 is 9.21 Å². The Bertz CT molecular complexity index is 1430. The molecule has 1 N–H and O–H groups in total. The molecule has 7 nitrogen and oxygen atoms in total. The van der Waals surface area contributed by atoms with E-state index < -0.39 is 5.91 Å². The number of imidazole rings is 1. The second-order valence-corrected chi connectivity index (χ2v) is 8.23. The molecule has 0 saturated carbocycles. The van der Waals surface area contributed by atoms with E-state index in [0.29, 0.717) is 27.7 Å². The predicted octanol–water partition coefficient (Wildman–Crippen LogP) is 4.72. The molecular weight excluding hydrogens is 420 g/mol. The van der Waals surface area contributed by atoms with Crippen molar-refractivity contribution in [2.45, 2.75) is 6.92 Å². The molecule has 0 aliphatic carbocycles. The van der Waals surface area contributed by atoms with E-state index in [1.807, 2.05) is 29.8 Å². The predicted molar refractivity (Wildman–Crippen MR) is 118 cm³/mol. The zero-order chi connectivity index (χ0) is 20.7. The normalized spacial score (nSPS) is 11.1. The van der Waals surface area contributed by atoms with Crippen LogP contribution in [-0.4, -0.2) is 20.4 Å². The zero-order valence-corrected chi connectivity index (χ0v) is 17.3. The molecule has 1 aromatic carbocycles. The van der Waals surface area contributed by atoms with Crippen molar-refractivity contribution in [3.63, 3.8) is 0 Å². The van der Waals surface area contributed by atoms with Crippen molar-refractivity contribution in [3.05, 3.63) is 81.2 Å². The Morgan fingerprint density at radius 2 is 2.03 bits per heavy atom. The molecule has 0 radical (unpaired) electrons. The number of nitrogens with one attached hydrogen (secondary N) is 1. The number of aryl methyl sites for hydroxylation is 1. The van der Waals surface area contributed by atoms with Gasteiger partial charge in [0.15, 0.2) is 16.3 Å². The molecule has 0 bridgehead atoms. The van der Waals surface area contributed by atoms with Gasteiger partial charge in [-0.1, -0.05) is 18.2 Å². The number of benzene rings is 1. The van der Waals surface area contributed by atoms with Crippen molar-refractivity contribution in [3.8, 4) is 15.7 Å². The van der Waals surface area contributed by atoms with Crippen molar-refractivity contribution >= 4 is 45.4 Å². The average molecular weight is 435 g/mol. The number of hydrogen-bond donors (Lipinski definition) is 1. The van der Waals surface area contributed by atoms with Crippen LogP contribution in [0.15, 0.2) is 68.6 Å². The molecule has 5 aromatic rings. The molecule has 9 heteroatoms. The summed E-state index contributed by atoms with van der Waals surface area (Å²) in [6.07, 6.45) is 1.55. The summed E-state index contributed by atoms with van der Waals surface area (Å²) >= 11 is 3.07. The monoisotopic (exact) mass is 434 g/mol. The van der Waals surface area contributed by atoms with Crippen LogP contribution in [0.3, 0.4) is 0 Å². The number of amides is 1. The number of nitrogens with zero attached hydrogens (tertiary/aromatic N) is 3. The lowest BCUT2D eigenvalue weighted by Crippen LogP contribution is -2.17. The lowest BCUT2D eigenvalue weighted by molar-refractivity contribution is 0.0996. The highest BCUT2D eigenvalue weighted by Crippen LogP contribution is 2.30. The molecule has 1 amide bonds. The Morgan fingerprint density at radius 1 is 1.17 bits per heavy atom. The van der Waals surface area contributed by atoms with Crippen LogP contribution in [0.2, 0.25) is 0 Å². The Labute approximate surface area is 178 Å². The second kappa shape index (κ2) is 7.36. The largest absolute Gasteiger partial charge is 0.451 e. The zero-order valence-electron chi connectivity index (χ0n) is 15.7. The topological polar surface area (TPSA) is 90.0 Å². The van der Waals surface area contributed by atoms with Crippen LogP contribution >= 0.6 is 22.7 Å². The van der Waals surface area contributed by atoms with Gasteiger partial charge in [0.2, 0.25) is 0 Å². The van der Waals surface area contributed by atoms with Crippen LogP contribution in [-0.2, 0) is 0 Å². The fraction of sp³-hybridized carbons (Fsp3) is 0.0476. The van der Waals surface area contributed by atoms with Gasteiger partial charge in [0.05, 0.1) is 22.2 Å². The first kappa shape index (κ1) is 18.5. The number of rotatable bonds is 4. The van der Waals surface area contributed by atoms with Gasteiger partial charge in [-0.25, -0.2) is 9.97 Å². The van der Waals surface area contributed by atoms with Gasteiger partial charge in [-0.3, -0.25) is 14.2 Å². The van der Waals surface area contributed by atoms with E-state index in [-0.39, 0.29) is 11.2 Å². The van der Waals surface area contributed by atoms with Crippen LogP contribution in [0.1, 0.15) is 16.4 Å². The van der Waals surface area contributed by atoms with E-state index in [2.05, 4.69) is 15.3 Å². The molecule has 0 spiro atoms. The summed E-state index contributed by atoms with van der Waals surface area (Å²) in [5.74, 6) is 0.522. The third-order valence-electron chi connectivity index (χ3n) is 4.50. The first-order chi connectivity index (χ1) is 14.6. The summed E-state index contributed by atoms with van der Waals surface area (Å²) in [4.78, 5) is 35.1. The fourth-order valence-corrected chi connectivity index (χ4v) is 4.72. The molecule has 5 rings (SSSR count). The Kier molecular flexibility index (Phi) is 4.53. The molecular formula is C21H14N4O3S2. The molecule has 0 aliphatic rings. The van der Waals surface area contributed by atoms with Gasteiger partial charge in [-0.05, 0) is 30.5 Å². The molecule has 148 valence electrons. The molecule has 30 heavy (non-hydrogen) atoms. The first-order valence-electron chi connectivity index (χ1n) is 8.98. The summed E-state index contributed by atoms with van der Waals surface area (Å²) in [7, 11) is 0. The number of para-hydroxylation sites is 1. The van der Waals surface area contributed by atoms with Crippen molar-refractivity contribution in [2.24, 2.45) is 0 Å². The molecule has 0 atom stereocenters. The van der Waals surface area contributed by atoms with Gasteiger partial charge in [0, 0.05) is 11.4 Å². The maximum atomic E-state index is 12.8. The summed E-state index contributed by atoms with van der Waals surface area (Å²) < 4.78 is 7.39. The Hall–Kier alpha value is -3.56. The SMILES string of the molecule is Cc1ncc(NC(=O)c2cc(=O)c3ccccc3o2)n1-c1nc(-c2cccs2)cs1. The highest BCUT2D eigenvalue weighted by molar-refractivity contribution is 7.15. The van der Waals surface area contributed by atoms with E-state index in [1.54, 1.807) is 46.4 Å². The number of thiophene rings is 1. The van der Waals surface area contributed by atoms with Crippen LogP contribution < -0.4 is 10.7 Å². The maximum Gasteiger partial charge on any atom is 0.292 e. The smallest absolute Gasteiger partial charge is 0.292 e. The number of fused-ring (bicyclic) bond motifs is 1. The molecule has 0 saturated heterocycles. The third-order valence-corrected chi connectivity index (χ3v) is 6.21. The maximum absolute atomic E-state index is 12.8. The van der Waals surface area contributed by atoms with E-state index in [9.17, 15) is 9.59 Å². The molecule has 4 aromatic heterocycles. The highest BCUT2D eigenvalue weighted by Gasteiger charge is 2.18. The van der Waals surface area contributed by atoms with Crippen LogP contribution in [0.4, 0.5) is 5.82 Å². The number of hydrogen-bond acceptors (Lipinski definition) is 7. The lowest BCUT2D eigenvalue weighted by Gasteiger charge is -2.08. The Balaban J connectivity index is 1.48. The van der Waals surface area contributed by atoms with Gasteiger partial charge < -0.3 is 9.73 Å². The Morgan fingerprint density at radius 3 is 2.87 bits per heavy atom. The minimum absolute atomic E-state index is 0.0671. The summed E-state index contributed by atoms with van der Waals surface area (Å²) in [6, 6.07) is 12.0. The molecule has 0 aliphatic heterocycles. The minimum Gasteiger partial charge on any atom is -0.451 e. The third kappa shape index (κ3) is 3.23. The lowest BCUT2D eigenvalue weighted by atomic mass is 10.2. The first-order valence-corrected chi connectivity index (χ1v) is 10.7. The quantitative estimate of drug-likeness (QED) is 0.442. The van der Waals surface area contributed by atoms with Gasteiger partial charge >= 0.3 is 0 Å². The number of anilines is 1. The van der Waals surface area contributed by atoms with Gasteiger partial charge in [-0.2, -0.15) is 0 Å². The summed E-state index contributed by atoms with van der Waals surface area (Å²) in [5, 5.41) is 7.86. The van der Waals surface area contributed by atoms with Crippen molar-refractivity contribution in [2.75, 3.05) is 5.32 Å². The van der Waals surface area contributed by atoms with E-state index in [4.69, 9.17) is 4.42 Å². The standard InChI is InChI=1S/C21H14N4O3S2/c1-12-22-10-19(25(12)21-23-14(11-30-21)18-7-4-8-29-18)24-20(27)17-9-15(26)13-5-2-3-6-16(13)28-17/h2-11H,1H3,(H,24,27). The van der Waals surface area contributed by atoms with Crippen LogP contribution in [0.25, 0.3) is 26.7 Å². The summed E-state index contributed by atoms with van der Waals surface area (Å²) in [6.45, 7) is 1.83. The van der Waals surface area contributed by atoms with Gasteiger partial charge in [0.25, 0.3) is 5.91 Å². The fourth-order valence-electron chi connectivity index (χ4n) is 3.07. The molecule has 0 fully saturated rings. The highest BCUT2D eigenvalue weighted by atomic mass is 32.1. The van der Waals surface area contributed by atoms with E-state index >= 15 is 0 Å². The van der Waals surface area contributed by atoms with Gasteiger partial charge in [0.1, 0.15) is 17.2 Å². The number of carbonyl (C=O) groups is 1. The second-order valence-electron chi connectivity index (χ2n) is 6.44. The number of thiazole rings is 1. The summed E-state index contributed by atoms with van der Waals surface area (Å²) in [5.41, 5.74) is 0.962. The van der Waals surface area contributed by atoms with Gasteiger partial charge in [-0.15, -0.1) is 22.7 Å². The van der Waals surface area contributed by atoms with Crippen molar-refractivity contribution in [1.29, 1.82) is 0 Å². The van der Waals surface area contributed by atoms with Crippen LogP contribution in [0, 0.1) is 6.92 Å². The number of carbonyl (C=O) groups excluding carboxylic acids is 1. The molecule has 0 unspecified atom stereocenters. The minimum atomic E-state index is -0.533.